The third-order valence-corrected chi connectivity index (χ3v) is 15.5. The van der Waals surface area contributed by atoms with Crippen LogP contribution in [0.1, 0.15) is 69.9 Å². The van der Waals surface area contributed by atoms with Gasteiger partial charge in [-0.15, -0.1) is 5.06 Å². The van der Waals surface area contributed by atoms with Crippen molar-refractivity contribution in [3.8, 4) is 0 Å². The average molecular weight is 1080 g/mol. The second kappa shape index (κ2) is 23.5. The number of fused-ring (bicyclic) bond motifs is 2. The summed E-state index contributed by atoms with van der Waals surface area (Å²) in [6.07, 6.45) is 2.06. The van der Waals surface area contributed by atoms with Gasteiger partial charge in [0.1, 0.15) is 32.6 Å². The molecule has 4 aliphatic rings. The van der Waals surface area contributed by atoms with E-state index in [1.54, 1.807) is 30.4 Å². The van der Waals surface area contributed by atoms with Crippen molar-refractivity contribution >= 4 is 71.0 Å². The number of rotatable bonds is 28. The monoisotopic (exact) mass is 1080 g/mol. The van der Waals surface area contributed by atoms with Gasteiger partial charge in [0, 0.05) is 86.9 Å². The number of carbonyl (C=O) groups is 4. The molecule has 26 heteroatoms. The fourth-order valence-corrected chi connectivity index (χ4v) is 10.7. The van der Waals surface area contributed by atoms with Gasteiger partial charge in [0.05, 0.1) is 76.1 Å². The van der Waals surface area contributed by atoms with Gasteiger partial charge >= 0.3 is 5.97 Å². The summed E-state index contributed by atoms with van der Waals surface area (Å²) in [4.78, 5) is 57.1. The normalized spacial score (nSPS) is 21.3. The minimum Gasteiger partial charge on any atom is -0.748 e. The molecule has 3 aliphatic heterocycles. The highest BCUT2D eigenvalue weighted by Crippen LogP contribution is 2.52. The summed E-state index contributed by atoms with van der Waals surface area (Å²) in [6, 6.07) is 7.37. The van der Waals surface area contributed by atoms with E-state index < -0.39 is 86.1 Å². The third-order valence-electron chi connectivity index (χ3n) is 13.0. The highest BCUT2D eigenvalue weighted by atomic mass is 32.2. The Kier molecular flexibility index (Phi) is 18.4. The number of imide groups is 1. The van der Waals surface area contributed by atoms with E-state index in [1.807, 2.05) is 0 Å². The number of anilines is 1. The van der Waals surface area contributed by atoms with E-state index in [1.165, 1.54) is 37.5 Å². The quantitative estimate of drug-likeness (QED) is 0.0420. The largest absolute Gasteiger partial charge is 0.748 e. The van der Waals surface area contributed by atoms with Gasteiger partial charge in [0.2, 0.25) is 11.5 Å². The number of hydrogen-bond acceptors (Lipinski definition) is 21. The maximum atomic E-state index is 14.5. The number of benzene rings is 2. The fourth-order valence-electron chi connectivity index (χ4n) is 9.23. The molecule has 1 fully saturated rings. The first-order valence-electron chi connectivity index (χ1n) is 23.1. The number of ether oxygens (including phenoxy) is 5. The van der Waals surface area contributed by atoms with Gasteiger partial charge < -0.3 is 52.2 Å². The molecule has 6 rings (SSSR count). The standard InChI is InChI=1S/C47H59N3O20S3/c1-46(14-6-26-71(56,57)58)35-27-31(72(59,60)61)9-11-38(35)49(17-19-67-22-23-69-25-24-68-21-20-66-4)39(46)29-33-44(54)34(45(33)55)30-40-47(2,15-18-65-3)36-28-32(73(62,63)64)8-10-37(36)48(40)16-5-7-43(53)70-50-41(51)12-13-42(50)52/h8-11,27-30H,5-7,12-26H2,1-4H3,(H3-,54,55,56,57,58,59,60,61,62,63,64)/p-2. The molecular weight excluding hydrogens is 1020 g/mol. The number of hydroxylamine groups is 2. The number of allylic oxidation sites excluding steroid dienone is 5. The van der Waals surface area contributed by atoms with Crippen molar-refractivity contribution in [2.75, 3.05) is 90.8 Å². The van der Waals surface area contributed by atoms with Gasteiger partial charge in [0.25, 0.3) is 11.8 Å². The average Bonchev–Trinajstić information content (AvgIpc) is 3.85. The van der Waals surface area contributed by atoms with Crippen molar-refractivity contribution in [3.05, 3.63) is 82.3 Å². The number of carbonyl (C=O) groups excluding carboxylic acids is 4. The number of amides is 2. The van der Waals surface area contributed by atoms with Gasteiger partial charge in [-0.2, -0.15) is 4.58 Å². The number of ketones is 1. The van der Waals surface area contributed by atoms with Crippen molar-refractivity contribution in [2.24, 2.45) is 0 Å². The molecule has 3 heterocycles. The van der Waals surface area contributed by atoms with Crippen molar-refractivity contribution in [2.45, 2.75) is 79.4 Å². The molecule has 2 aromatic carbocycles. The van der Waals surface area contributed by atoms with E-state index in [0.29, 0.717) is 47.5 Å². The molecule has 0 radical (unpaired) electrons. The van der Waals surface area contributed by atoms with E-state index >= 15 is 0 Å². The van der Waals surface area contributed by atoms with Crippen LogP contribution in [0.15, 0.2) is 80.9 Å². The minimum absolute atomic E-state index is 0.00601. The highest BCUT2D eigenvalue weighted by molar-refractivity contribution is 7.86. The molecule has 73 heavy (non-hydrogen) atoms. The Balaban J connectivity index is 1.39. The summed E-state index contributed by atoms with van der Waals surface area (Å²) in [7, 11) is -11.7. The number of hydrogen-bond donors (Lipinski definition) is 1. The Morgan fingerprint density at radius 1 is 0.740 bits per heavy atom. The van der Waals surface area contributed by atoms with E-state index in [4.69, 9.17) is 28.5 Å². The first-order chi connectivity index (χ1) is 34.4. The smallest absolute Gasteiger partial charge is 0.333 e. The molecule has 1 N–H and O–H groups in total. The molecule has 2 atom stereocenters. The Hall–Kier alpha value is -5.26. The molecule has 0 bridgehead atoms. The SMILES string of the molecule is COCCOCCOCCOCC[N+]1=C(/C=C2\C(=O)C(/C=C3/N(CCCC(=O)ON4C(=O)CCC4=O)c4ccc(S(=O)(=O)[O-])cc4C3(C)CCOC)=C2O)C(C)(CCCS(=O)(=O)[O-])c2cc(S(=O)(=O)[O-])ccc21. The van der Waals surface area contributed by atoms with Crippen LogP contribution in [0.4, 0.5) is 11.4 Å². The summed E-state index contributed by atoms with van der Waals surface area (Å²) < 4.78 is 138. The van der Waals surface area contributed by atoms with E-state index in [9.17, 15) is 63.2 Å². The first-order valence-corrected chi connectivity index (χ1v) is 27.5. The molecule has 2 unspecified atom stereocenters. The number of methoxy groups -OCH3 is 2. The summed E-state index contributed by atoms with van der Waals surface area (Å²) in [6.45, 7) is 5.27. The van der Waals surface area contributed by atoms with Crippen LogP contribution >= 0.6 is 0 Å². The van der Waals surface area contributed by atoms with Crippen LogP contribution in [0.25, 0.3) is 0 Å². The Morgan fingerprint density at radius 2 is 1.32 bits per heavy atom. The molecule has 2 amide bonds. The molecular formula is C47H57N3O20S3-2. The van der Waals surface area contributed by atoms with Crippen LogP contribution in [-0.4, -0.2) is 169 Å². The molecule has 0 spiro atoms. The zero-order valence-corrected chi connectivity index (χ0v) is 43.1. The lowest BCUT2D eigenvalue weighted by molar-refractivity contribution is -0.442. The van der Waals surface area contributed by atoms with Gasteiger partial charge in [-0.1, -0.05) is 0 Å². The number of aliphatic hydroxyl groups excluding tert-OH is 1. The topological polar surface area (TPSA) is 325 Å². The molecule has 0 saturated carbocycles. The first kappa shape index (κ1) is 57.0. The Labute approximate surface area is 423 Å². The molecule has 0 aromatic heterocycles. The maximum Gasteiger partial charge on any atom is 0.333 e. The van der Waals surface area contributed by atoms with Gasteiger partial charge in [0.15, 0.2) is 12.3 Å². The summed E-state index contributed by atoms with van der Waals surface area (Å²) in [5, 5.41) is 12.3. The van der Waals surface area contributed by atoms with Crippen molar-refractivity contribution in [1.29, 1.82) is 0 Å². The van der Waals surface area contributed by atoms with Crippen molar-refractivity contribution in [3.63, 3.8) is 0 Å². The minimum atomic E-state index is -5.02. The number of aliphatic hydroxyl groups is 1. The van der Waals surface area contributed by atoms with E-state index in [-0.39, 0.29) is 113 Å². The molecule has 1 aliphatic carbocycles. The molecule has 2 aromatic rings. The van der Waals surface area contributed by atoms with Gasteiger partial charge in [-0.05, 0) is 81.5 Å². The predicted molar refractivity (Wildman–Crippen MR) is 253 cm³/mol. The van der Waals surface area contributed by atoms with Gasteiger partial charge in [-0.3, -0.25) is 14.4 Å². The number of Topliss-reactive ketones (excluding diaryl/α,β-unsaturated/α-hetero) is 1. The Bertz CT molecular complexity index is 2950. The zero-order valence-electron chi connectivity index (χ0n) is 40.6. The van der Waals surface area contributed by atoms with Crippen molar-refractivity contribution in [1.82, 2.24) is 5.06 Å². The Morgan fingerprint density at radius 3 is 1.89 bits per heavy atom. The van der Waals surface area contributed by atoms with E-state index in [2.05, 4.69) is 0 Å². The van der Waals surface area contributed by atoms with Crippen LogP contribution in [0.2, 0.25) is 0 Å². The third kappa shape index (κ3) is 13.2. The summed E-state index contributed by atoms with van der Waals surface area (Å²) >= 11 is 0. The van der Waals surface area contributed by atoms with Crippen LogP contribution in [0, 0.1) is 0 Å². The zero-order chi connectivity index (χ0) is 53.5. The summed E-state index contributed by atoms with van der Waals surface area (Å²) in [5.41, 5.74) is -1.09. The highest BCUT2D eigenvalue weighted by Gasteiger charge is 2.50. The predicted octanol–water partition coefficient (Wildman–Crippen LogP) is 2.28. The second-order valence-corrected chi connectivity index (χ2v) is 22.2. The molecule has 1 saturated heterocycles. The van der Waals surface area contributed by atoms with Gasteiger partial charge in [-0.25, -0.2) is 30.0 Å². The lowest BCUT2D eigenvalue weighted by atomic mass is 9.73. The van der Waals surface area contributed by atoms with Crippen molar-refractivity contribution < 1.29 is 96.3 Å². The molecule has 23 nitrogen and oxygen atoms in total. The maximum absolute atomic E-state index is 14.5. The van der Waals surface area contributed by atoms with Crippen LogP contribution in [-0.2, 0) is 88.9 Å². The van der Waals surface area contributed by atoms with Crippen LogP contribution in [0.5, 0.6) is 0 Å². The fraction of sp³-hybridized carbons (Fsp3) is 0.511. The molecule has 400 valence electrons. The van der Waals surface area contributed by atoms with E-state index in [0.717, 1.165) is 18.2 Å². The van der Waals surface area contributed by atoms with Crippen LogP contribution < -0.4 is 4.90 Å². The lowest BCUT2D eigenvalue weighted by Crippen LogP contribution is -2.35. The number of nitrogens with zero attached hydrogens (tertiary/aromatic N) is 3. The lowest BCUT2D eigenvalue weighted by Gasteiger charge is -2.32. The second-order valence-electron chi connectivity index (χ2n) is 17.9. The van der Waals surface area contributed by atoms with Crippen LogP contribution in [0.3, 0.4) is 0 Å². The summed E-state index contributed by atoms with van der Waals surface area (Å²) in [5.74, 6) is -4.24.